The molecule has 1 aliphatic carbocycles. The zero-order valence-corrected chi connectivity index (χ0v) is 15.6. The maximum atomic E-state index is 13.8. The molecule has 0 spiro atoms. The van der Waals surface area contributed by atoms with E-state index in [9.17, 15) is 9.18 Å². The molecule has 0 aromatic heterocycles. The molecule has 1 heterocycles. The van der Waals surface area contributed by atoms with Crippen molar-refractivity contribution in [3.05, 3.63) is 17.7 Å². The van der Waals surface area contributed by atoms with E-state index < -0.39 is 6.17 Å². The average molecular weight is 360 g/mol. The van der Waals surface area contributed by atoms with Crippen LogP contribution < -0.4 is 15.5 Å². The number of aliphatic imine (C=N–C) groups is 1. The number of carbonyl (C=O) groups excluding carboxylic acids is 1. The first-order valence-electron chi connectivity index (χ1n) is 9.71. The summed E-state index contributed by atoms with van der Waals surface area (Å²) in [4.78, 5) is 19.0. The lowest BCUT2D eigenvalue weighted by molar-refractivity contribution is 0.0928. The van der Waals surface area contributed by atoms with Crippen LogP contribution in [0, 0.1) is 0 Å². The highest BCUT2D eigenvalue weighted by Gasteiger charge is 2.27. The van der Waals surface area contributed by atoms with Crippen molar-refractivity contribution in [1.29, 1.82) is 0 Å². The molecule has 1 aliphatic heterocycles. The van der Waals surface area contributed by atoms with Gasteiger partial charge < -0.3 is 15.5 Å². The second kappa shape index (κ2) is 8.52. The van der Waals surface area contributed by atoms with E-state index in [1.54, 1.807) is 6.07 Å². The third-order valence-electron chi connectivity index (χ3n) is 5.31. The summed E-state index contributed by atoms with van der Waals surface area (Å²) in [7, 11) is 0. The lowest BCUT2D eigenvalue weighted by atomic mass is 9.95. The summed E-state index contributed by atoms with van der Waals surface area (Å²) in [5.74, 6) is -0.0952. The average Bonchev–Trinajstić information content (AvgIpc) is 3.08. The topological polar surface area (TPSA) is 56.7 Å². The second-order valence-corrected chi connectivity index (χ2v) is 7.22. The fourth-order valence-electron chi connectivity index (χ4n) is 3.93. The van der Waals surface area contributed by atoms with Crippen molar-refractivity contribution in [2.45, 2.75) is 57.7 Å². The van der Waals surface area contributed by atoms with Crippen molar-refractivity contribution in [1.82, 2.24) is 5.32 Å². The van der Waals surface area contributed by atoms with E-state index in [2.05, 4.69) is 22.3 Å². The lowest BCUT2D eigenvalue weighted by Gasteiger charge is -2.26. The van der Waals surface area contributed by atoms with Gasteiger partial charge in [0.1, 0.15) is 6.17 Å². The summed E-state index contributed by atoms with van der Waals surface area (Å²) in [6.45, 7) is 7.33. The SMILES string of the molecule is C=Nc1cc(C(=O)NC2CCCCC2)c(N2CCC(F)C2)cc1NCC. The van der Waals surface area contributed by atoms with Gasteiger partial charge in [-0.15, -0.1) is 0 Å². The monoisotopic (exact) mass is 360 g/mol. The number of hydrogen-bond donors (Lipinski definition) is 2. The first kappa shape index (κ1) is 18.7. The van der Waals surface area contributed by atoms with E-state index in [0.717, 1.165) is 43.6 Å². The number of benzene rings is 1. The van der Waals surface area contributed by atoms with Gasteiger partial charge in [-0.3, -0.25) is 9.79 Å². The van der Waals surface area contributed by atoms with Gasteiger partial charge in [-0.05, 0) is 45.0 Å². The second-order valence-electron chi connectivity index (χ2n) is 7.22. The highest BCUT2D eigenvalue weighted by Crippen LogP contribution is 2.35. The highest BCUT2D eigenvalue weighted by atomic mass is 19.1. The molecule has 5 nitrogen and oxygen atoms in total. The van der Waals surface area contributed by atoms with Gasteiger partial charge in [-0.25, -0.2) is 4.39 Å². The number of rotatable bonds is 6. The van der Waals surface area contributed by atoms with Crippen LogP contribution in [-0.4, -0.2) is 44.5 Å². The van der Waals surface area contributed by atoms with Gasteiger partial charge in [0, 0.05) is 25.7 Å². The summed E-state index contributed by atoms with van der Waals surface area (Å²) in [5.41, 5.74) is 2.82. The van der Waals surface area contributed by atoms with Gasteiger partial charge in [-0.2, -0.15) is 0 Å². The molecule has 1 atom stereocenters. The molecule has 0 bridgehead atoms. The van der Waals surface area contributed by atoms with E-state index in [1.807, 2.05) is 17.9 Å². The van der Waals surface area contributed by atoms with Crippen molar-refractivity contribution >= 4 is 29.7 Å². The van der Waals surface area contributed by atoms with Crippen molar-refractivity contribution in [2.24, 2.45) is 4.99 Å². The van der Waals surface area contributed by atoms with Crippen LogP contribution >= 0.6 is 0 Å². The Balaban J connectivity index is 1.92. The first-order valence-corrected chi connectivity index (χ1v) is 9.71. The minimum atomic E-state index is -0.843. The van der Waals surface area contributed by atoms with E-state index in [4.69, 9.17) is 0 Å². The summed E-state index contributed by atoms with van der Waals surface area (Å²) >= 11 is 0. The Hall–Kier alpha value is -2.11. The van der Waals surface area contributed by atoms with Gasteiger partial charge in [0.2, 0.25) is 0 Å². The number of alkyl halides is 1. The highest BCUT2D eigenvalue weighted by molar-refractivity contribution is 6.02. The fraction of sp³-hybridized carbons (Fsp3) is 0.600. The van der Waals surface area contributed by atoms with E-state index in [1.165, 1.54) is 6.42 Å². The summed E-state index contributed by atoms with van der Waals surface area (Å²) in [6, 6.07) is 3.93. The van der Waals surface area contributed by atoms with Crippen LogP contribution in [-0.2, 0) is 0 Å². The number of hydrogen-bond acceptors (Lipinski definition) is 4. The molecule has 3 rings (SSSR count). The molecule has 2 fully saturated rings. The summed E-state index contributed by atoms with van der Waals surface area (Å²) in [5, 5.41) is 6.43. The Labute approximate surface area is 155 Å². The molecule has 0 radical (unpaired) electrons. The van der Waals surface area contributed by atoms with Crippen LogP contribution in [0.4, 0.5) is 21.5 Å². The lowest BCUT2D eigenvalue weighted by Crippen LogP contribution is -2.37. The van der Waals surface area contributed by atoms with Gasteiger partial charge in [0.05, 0.1) is 22.6 Å². The molecule has 1 aromatic carbocycles. The Kier molecular flexibility index (Phi) is 6.12. The van der Waals surface area contributed by atoms with Crippen LogP contribution in [0.1, 0.15) is 55.8 Å². The third kappa shape index (κ3) is 4.17. The molecule has 1 unspecified atom stereocenters. The van der Waals surface area contributed by atoms with Crippen molar-refractivity contribution in [3.63, 3.8) is 0 Å². The summed E-state index contributed by atoms with van der Waals surface area (Å²) < 4.78 is 13.8. The molecule has 2 aliphatic rings. The van der Waals surface area contributed by atoms with Gasteiger partial charge >= 0.3 is 0 Å². The number of amides is 1. The maximum Gasteiger partial charge on any atom is 0.253 e. The van der Waals surface area contributed by atoms with Crippen molar-refractivity contribution in [3.8, 4) is 0 Å². The zero-order valence-electron chi connectivity index (χ0n) is 15.6. The molecular formula is C20H29FN4O. The molecule has 1 amide bonds. The quantitative estimate of drug-likeness (QED) is 0.752. The van der Waals surface area contributed by atoms with Crippen molar-refractivity contribution in [2.75, 3.05) is 29.9 Å². The Morgan fingerprint density at radius 2 is 2.08 bits per heavy atom. The van der Waals surface area contributed by atoms with E-state index in [-0.39, 0.29) is 11.9 Å². The molecule has 1 aromatic rings. The minimum Gasteiger partial charge on any atom is -0.384 e. The maximum absolute atomic E-state index is 13.8. The fourth-order valence-corrected chi connectivity index (χ4v) is 3.93. The zero-order chi connectivity index (χ0) is 18.5. The predicted octanol–water partition coefficient (Wildman–Crippen LogP) is 4.06. The molecule has 142 valence electrons. The standard InChI is InChI=1S/C20H29FN4O/c1-3-23-18-12-19(25-10-9-14(21)13-25)16(11-17(18)22-2)20(26)24-15-7-5-4-6-8-15/h11-12,14-15,23H,2-10,13H2,1H3,(H,24,26). The third-order valence-corrected chi connectivity index (χ3v) is 5.31. The number of halogens is 1. The Morgan fingerprint density at radius 3 is 2.69 bits per heavy atom. The minimum absolute atomic E-state index is 0.0952. The molecule has 1 saturated heterocycles. The Bertz CT molecular complexity index is 657. The van der Waals surface area contributed by atoms with Crippen LogP contribution in [0.5, 0.6) is 0 Å². The van der Waals surface area contributed by atoms with Gasteiger partial charge in [-0.1, -0.05) is 19.3 Å². The van der Waals surface area contributed by atoms with Crippen molar-refractivity contribution < 1.29 is 9.18 Å². The normalized spacial score (nSPS) is 20.8. The van der Waals surface area contributed by atoms with E-state index >= 15 is 0 Å². The number of nitrogens with zero attached hydrogens (tertiary/aromatic N) is 2. The number of anilines is 2. The van der Waals surface area contributed by atoms with Gasteiger partial charge in [0.15, 0.2) is 0 Å². The molecule has 1 saturated carbocycles. The smallest absolute Gasteiger partial charge is 0.253 e. The Morgan fingerprint density at radius 1 is 1.31 bits per heavy atom. The molecular weight excluding hydrogens is 331 g/mol. The number of nitrogens with one attached hydrogen (secondary N) is 2. The van der Waals surface area contributed by atoms with Crippen LogP contribution in [0.2, 0.25) is 0 Å². The molecule has 2 N–H and O–H groups in total. The largest absolute Gasteiger partial charge is 0.384 e. The van der Waals surface area contributed by atoms with E-state index in [0.29, 0.717) is 30.8 Å². The van der Waals surface area contributed by atoms with Crippen LogP contribution in [0.25, 0.3) is 0 Å². The van der Waals surface area contributed by atoms with Crippen LogP contribution in [0.15, 0.2) is 17.1 Å². The number of carbonyl (C=O) groups is 1. The summed E-state index contributed by atoms with van der Waals surface area (Å²) in [6.07, 6.45) is 5.27. The predicted molar refractivity (Wildman–Crippen MR) is 106 cm³/mol. The molecule has 26 heavy (non-hydrogen) atoms. The molecule has 6 heteroatoms. The van der Waals surface area contributed by atoms with Gasteiger partial charge in [0.25, 0.3) is 5.91 Å². The first-order chi connectivity index (χ1) is 12.6. The van der Waals surface area contributed by atoms with Crippen LogP contribution in [0.3, 0.4) is 0 Å².